The van der Waals surface area contributed by atoms with E-state index >= 15 is 0 Å². The van der Waals surface area contributed by atoms with Crippen molar-refractivity contribution in [1.82, 2.24) is 5.43 Å². The van der Waals surface area contributed by atoms with Gasteiger partial charge in [-0.2, -0.15) is 5.10 Å². The van der Waals surface area contributed by atoms with Crippen LogP contribution in [0.5, 0.6) is 0 Å². The number of carbonyl (C=O) groups is 1. The average molecular weight is 360 g/mol. The van der Waals surface area contributed by atoms with Crippen LogP contribution in [-0.2, 0) is 10.4 Å². The van der Waals surface area contributed by atoms with E-state index in [2.05, 4.69) is 10.5 Å². The molecule has 1 heterocycles. The van der Waals surface area contributed by atoms with Gasteiger partial charge in [0.25, 0.3) is 5.91 Å². The predicted molar refractivity (Wildman–Crippen MR) is 105 cm³/mol. The largest absolute Gasteiger partial charge is 0.465 e. The third kappa shape index (κ3) is 4.22. The van der Waals surface area contributed by atoms with Crippen LogP contribution in [0.4, 0.5) is 0 Å². The van der Waals surface area contributed by atoms with E-state index in [-0.39, 0.29) is 0 Å². The summed E-state index contributed by atoms with van der Waals surface area (Å²) in [5.41, 5.74) is 2.31. The lowest BCUT2D eigenvalue weighted by Crippen LogP contribution is -2.43. The van der Waals surface area contributed by atoms with E-state index in [1.165, 1.54) is 6.21 Å². The number of allylic oxidation sites excluding steroid dienone is 1. The second-order valence-corrected chi connectivity index (χ2v) is 6.05. The Hall–Kier alpha value is -3.44. The van der Waals surface area contributed by atoms with E-state index in [9.17, 15) is 9.90 Å². The maximum Gasteiger partial charge on any atom is 0.281 e. The fraction of sp³-hybridized carbons (Fsp3) is 0.0909. The van der Waals surface area contributed by atoms with Crippen LogP contribution in [0, 0.1) is 0 Å². The van der Waals surface area contributed by atoms with Crippen molar-refractivity contribution in [2.45, 2.75) is 12.5 Å². The van der Waals surface area contributed by atoms with Crippen molar-refractivity contribution in [2.75, 3.05) is 0 Å². The summed E-state index contributed by atoms with van der Waals surface area (Å²) in [5, 5.41) is 15.3. The fourth-order valence-electron chi connectivity index (χ4n) is 2.70. The van der Waals surface area contributed by atoms with Crippen LogP contribution in [0.1, 0.15) is 23.8 Å². The Balaban J connectivity index is 1.83. The van der Waals surface area contributed by atoms with Crippen LogP contribution < -0.4 is 5.43 Å². The minimum Gasteiger partial charge on any atom is -0.465 e. The zero-order valence-corrected chi connectivity index (χ0v) is 14.9. The lowest BCUT2D eigenvalue weighted by molar-refractivity contribution is -0.136. The Kier molecular flexibility index (Phi) is 5.64. The van der Waals surface area contributed by atoms with Crippen LogP contribution in [0.3, 0.4) is 0 Å². The average Bonchev–Trinajstić information content (AvgIpc) is 3.21. The molecule has 5 heteroatoms. The molecule has 27 heavy (non-hydrogen) atoms. The summed E-state index contributed by atoms with van der Waals surface area (Å²) >= 11 is 0. The SMILES string of the molecule is CC(/C=N\NC(=O)C(O)(c1ccccc1)c1ccccc1)=C\c1ccco1. The highest BCUT2D eigenvalue weighted by Gasteiger charge is 2.39. The minimum absolute atomic E-state index is 0.465. The van der Waals surface area contributed by atoms with Gasteiger partial charge in [0.1, 0.15) is 5.76 Å². The van der Waals surface area contributed by atoms with Gasteiger partial charge in [0.15, 0.2) is 5.60 Å². The van der Waals surface area contributed by atoms with Gasteiger partial charge in [0.2, 0.25) is 0 Å². The molecule has 5 nitrogen and oxygen atoms in total. The first-order valence-corrected chi connectivity index (χ1v) is 8.49. The van der Waals surface area contributed by atoms with E-state index < -0.39 is 11.5 Å². The molecular weight excluding hydrogens is 340 g/mol. The summed E-state index contributed by atoms with van der Waals surface area (Å²) in [4.78, 5) is 12.9. The second-order valence-electron chi connectivity index (χ2n) is 6.05. The quantitative estimate of drug-likeness (QED) is 0.520. The summed E-state index contributed by atoms with van der Waals surface area (Å²) in [5.74, 6) is 0.0531. The molecular formula is C22H20N2O3. The van der Waals surface area contributed by atoms with Gasteiger partial charge in [0, 0.05) is 0 Å². The number of aliphatic hydroxyl groups is 1. The molecule has 2 aromatic carbocycles. The van der Waals surface area contributed by atoms with Crippen LogP contribution in [-0.4, -0.2) is 17.2 Å². The fourth-order valence-corrected chi connectivity index (χ4v) is 2.70. The van der Waals surface area contributed by atoms with Crippen molar-refractivity contribution in [2.24, 2.45) is 5.10 Å². The lowest BCUT2D eigenvalue weighted by Gasteiger charge is -2.27. The molecule has 0 bridgehead atoms. The Morgan fingerprint density at radius 1 is 1.00 bits per heavy atom. The first-order chi connectivity index (χ1) is 13.1. The van der Waals surface area contributed by atoms with Gasteiger partial charge in [-0.05, 0) is 41.8 Å². The number of nitrogens with one attached hydrogen (secondary N) is 1. The number of carbonyl (C=O) groups excluding carboxylic acids is 1. The molecule has 0 fully saturated rings. The summed E-state index contributed by atoms with van der Waals surface area (Å²) < 4.78 is 5.24. The van der Waals surface area contributed by atoms with Crippen LogP contribution >= 0.6 is 0 Å². The number of nitrogens with zero attached hydrogens (tertiary/aromatic N) is 1. The van der Waals surface area contributed by atoms with Gasteiger partial charge in [0.05, 0.1) is 12.5 Å². The van der Waals surface area contributed by atoms with Gasteiger partial charge in [-0.1, -0.05) is 60.7 Å². The van der Waals surface area contributed by atoms with Crippen molar-refractivity contribution >= 4 is 18.2 Å². The van der Waals surface area contributed by atoms with Gasteiger partial charge in [-0.3, -0.25) is 4.79 Å². The van der Waals surface area contributed by atoms with Gasteiger partial charge < -0.3 is 9.52 Å². The predicted octanol–water partition coefficient (Wildman–Crippen LogP) is 3.72. The molecule has 0 radical (unpaired) electrons. The van der Waals surface area contributed by atoms with Crippen LogP contribution in [0.25, 0.3) is 6.08 Å². The third-order valence-electron chi connectivity index (χ3n) is 4.06. The number of benzene rings is 2. The molecule has 1 aromatic heterocycles. The number of hydrogen-bond donors (Lipinski definition) is 2. The maximum atomic E-state index is 12.9. The van der Waals surface area contributed by atoms with Crippen molar-refractivity contribution in [1.29, 1.82) is 0 Å². The Morgan fingerprint density at radius 2 is 1.59 bits per heavy atom. The van der Waals surface area contributed by atoms with Gasteiger partial charge in [-0.15, -0.1) is 0 Å². The summed E-state index contributed by atoms with van der Waals surface area (Å²) in [6.45, 7) is 1.83. The molecule has 0 unspecified atom stereocenters. The van der Waals surface area contributed by atoms with E-state index in [1.807, 2.05) is 25.1 Å². The van der Waals surface area contributed by atoms with Crippen LogP contribution in [0.2, 0.25) is 0 Å². The van der Waals surface area contributed by atoms with E-state index in [1.54, 1.807) is 66.9 Å². The van der Waals surface area contributed by atoms with Crippen LogP contribution in [0.15, 0.2) is 94.2 Å². The molecule has 0 atom stereocenters. The molecule has 0 aliphatic carbocycles. The Bertz CT molecular complexity index is 891. The molecule has 1 amide bonds. The first kappa shape index (κ1) is 18.4. The summed E-state index contributed by atoms with van der Waals surface area (Å²) in [6, 6.07) is 21.2. The normalized spacial score (nSPS) is 12.3. The van der Waals surface area contributed by atoms with Crippen molar-refractivity contribution in [3.8, 4) is 0 Å². The molecule has 3 aromatic rings. The first-order valence-electron chi connectivity index (χ1n) is 8.49. The summed E-state index contributed by atoms with van der Waals surface area (Å²) in [6.07, 6.45) is 4.87. The lowest BCUT2D eigenvalue weighted by atomic mass is 9.85. The number of hydrazone groups is 1. The molecule has 0 saturated heterocycles. The molecule has 136 valence electrons. The maximum absolute atomic E-state index is 12.9. The minimum atomic E-state index is -1.85. The number of hydrogen-bond acceptors (Lipinski definition) is 4. The zero-order chi connectivity index (χ0) is 19.1. The monoisotopic (exact) mass is 360 g/mol. The zero-order valence-electron chi connectivity index (χ0n) is 14.9. The molecule has 0 spiro atoms. The standard InChI is InChI=1S/C22H20N2O3/c1-17(15-20-13-8-14-27-20)16-23-24-21(25)22(26,18-9-4-2-5-10-18)19-11-6-3-7-12-19/h2-16,26H,1H3,(H,24,25)/b17-15+,23-16-. The van der Waals surface area contributed by atoms with E-state index in [0.717, 1.165) is 5.57 Å². The number of furan rings is 1. The third-order valence-corrected chi connectivity index (χ3v) is 4.06. The second kappa shape index (κ2) is 8.29. The van der Waals surface area contributed by atoms with E-state index in [0.29, 0.717) is 16.9 Å². The smallest absolute Gasteiger partial charge is 0.281 e. The molecule has 0 saturated carbocycles. The highest BCUT2D eigenvalue weighted by molar-refractivity contribution is 5.91. The Labute approximate surface area is 157 Å². The highest BCUT2D eigenvalue weighted by atomic mass is 16.3. The van der Waals surface area contributed by atoms with Gasteiger partial charge >= 0.3 is 0 Å². The highest BCUT2D eigenvalue weighted by Crippen LogP contribution is 2.29. The van der Waals surface area contributed by atoms with Crippen molar-refractivity contribution in [3.05, 3.63) is 102 Å². The number of amides is 1. The topological polar surface area (TPSA) is 74.8 Å². The molecule has 3 rings (SSSR count). The molecule has 2 N–H and O–H groups in total. The summed E-state index contributed by atoms with van der Waals surface area (Å²) in [7, 11) is 0. The van der Waals surface area contributed by atoms with Gasteiger partial charge in [-0.25, -0.2) is 5.43 Å². The Morgan fingerprint density at radius 3 is 2.11 bits per heavy atom. The van der Waals surface area contributed by atoms with Crippen molar-refractivity contribution in [3.63, 3.8) is 0 Å². The van der Waals surface area contributed by atoms with Crippen molar-refractivity contribution < 1.29 is 14.3 Å². The molecule has 0 aliphatic heterocycles. The molecule has 0 aliphatic rings. The number of rotatable bonds is 6. The van der Waals surface area contributed by atoms with E-state index in [4.69, 9.17) is 4.42 Å².